The Morgan fingerprint density at radius 1 is 1.08 bits per heavy atom. The van der Waals surface area contributed by atoms with Gasteiger partial charge >= 0.3 is 18.0 Å². The smallest absolute Gasteiger partial charge is 0.413 e. The molecule has 1 aromatic rings. The van der Waals surface area contributed by atoms with E-state index in [1.807, 2.05) is 18.2 Å². The van der Waals surface area contributed by atoms with E-state index < -0.39 is 50.6 Å². The summed E-state index contributed by atoms with van der Waals surface area (Å²) in [5.41, 5.74) is 0.739. The Labute approximate surface area is 220 Å². The van der Waals surface area contributed by atoms with Crippen molar-refractivity contribution < 1.29 is 37.8 Å². The second kappa shape index (κ2) is 12.7. The summed E-state index contributed by atoms with van der Waals surface area (Å²) in [4.78, 5) is 52.7. The Bertz CT molecular complexity index is 959. The lowest BCUT2D eigenvalue weighted by Crippen LogP contribution is -2.54. The molecule has 4 atom stereocenters. The summed E-state index contributed by atoms with van der Waals surface area (Å²) >= 11 is 0. The van der Waals surface area contributed by atoms with E-state index in [2.05, 4.69) is 33.9 Å². The number of ketones is 1. The number of Topliss-reactive ketones (excluding diaryl/α,β-unsaturated/α-hetero) is 1. The molecule has 1 saturated heterocycles. The van der Waals surface area contributed by atoms with Crippen molar-refractivity contribution in [1.29, 1.82) is 0 Å². The lowest BCUT2D eigenvalue weighted by molar-refractivity contribution is -0.167. The third-order valence-corrected chi connectivity index (χ3v) is 11.7. The minimum Gasteiger partial charge on any atom is -0.467 e. The van der Waals surface area contributed by atoms with E-state index in [1.165, 1.54) is 14.0 Å². The maximum Gasteiger partial charge on any atom is 0.413 e. The fourth-order valence-electron chi connectivity index (χ4n) is 4.01. The number of amides is 1. The Balaban J connectivity index is 2.51. The zero-order chi connectivity index (χ0) is 28.0. The minimum atomic E-state index is -2.30. The molecule has 2 rings (SSSR count). The lowest BCUT2D eigenvalue weighted by atomic mass is 9.94. The van der Waals surface area contributed by atoms with Crippen LogP contribution in [0.1, 0.15) is 59.4 Å². The van der Waals surface area contributed by atoms with Gasteiger partial charge in [-0.3, -0.25) is 14.5 Å². The molecule has 37 heavy (non-hydrogen) atoms. The number of carbonyl (C=O) groups is 4. The molecule has 1 aliphatic rings. The van der Waals surface area contributed by atoms with E-state index in [0.717, 1.165) is 10.5 Å². The van der Waals surface area contributed by atoms with Crippen LogP contribution in [-0.4, -0.2) is 62.5 Å². The number of esters is 2. The Morgan fingerprint density at radius 3 is 2.24 bits per heavy atom. The molecule has 0 spiro atoms. The number of carbonyl (C=O) groups excluding carboxylic acids is 4. The first kappa shape index (κ1) is 30.5. The molecule has 206 valence electrons. The maximum atomic E-state index is 13.5. The summed E-state index contributed by atoms with van der Waals surface area (Å²) in [5, 5.41) is -0.113. The van der Waals surface area contributed by atoms with Crippen molar-refractivity contribution in [1.82, 2.24) is 4.90 Å². The van der Waals surface area contributed by atoms with Crippen LogP contribution in [0.3, 0.4) is 0 Å². The highest BCUT2D eigenvalue weighted by molar-refractivity contribution is 6.74. The van der Waals surface area contributed by atoms with Crippen molar-refractivity contribution in [3.63, 3.8) is 0 Å². The predicted octanol–water partition coefficient (Wildman–Crippen LogP) is 4.84. The monoisotopic (exact) mass is 535 g/mol. The lowest BCUT2D eigenvalue weighted by Gasteiger charge is -2.41. The largest absolute Gasteiger partial charge is 0.467 e. The van der Waals surface area contributed by atoms with E-state index in [9.17, 15) is 19.2 Å². The third kappa shape index (κ3) is 8.39. The average molecular weight is 536 g/mol. The number of hydrogen-bond donors (Lipinski definition) is 0. The fraction of sp³-hybridized carbons (Fsp3) is 0.630. The van der Waals surface area contributed by atoms with Crippen molar-refractivity contribution in [3.05, 3.63) is 35.9 Å². The molecular formula is C27H41NO8Si. The van der Waals surface area contributed by atoms with Crippen LogP contribution in [0.2, 0.25) is 18.1 Å². The highest BCUT2D eigenvalue weighted by atomic mass is 28.4. The van der Waals surface area contributed by atoms with Crippen LogP contribution >= 0.6 is 0 Å². The van der Waals surface area contributed by atoms with Gasteiger partial charge in [0.05, 0.1) is 13.2 Å². The molecule has 1 heterocycles. The first-order valence-corrected chi connectivity index (χ1v) is 15.5. The summed E-state index contributed by atoms with van der Waals surface area (Å²) < 4.78 is 22.7. The SMILES string of the molecule is COC(=O)[C@@H]1CC(=O)[C@H](C)C[C@H](O[Si](C)(C)C(C)(C)C)CC(OC(C)=O)N1C(=O)OCc1ccccc1. The Hall–Kier alpha value is -2.72. The first-order valence-electron chi connectivity index (χ1n) is 12.6. The zero-order valence-electron chi connectivity index (χ0n) is 23.2. The van der Waals surface area contributed by atoms with Crippen LogP contribution in [0.4, 0.5) is 4.79 Å². The van der Waals surface area contributed by atoms with Crippen LogP contribution in [0, 0.1) is 5.92 Å². The van der Waals surface area contributed by atoms with Crippen molar-refractivity contribution in [2.24, 2.45) is 5.92 Å². The number of ether oxygens (including phenoxy) is 3. The van der Waals surface area contributed by atoms with Gasteiger partial charge in [-0.1, -0.05) is 58.0 Å². The Morgan fingerprint density at radius 2 is 1.70 bits per heavy atom. The van der Waals surface area contributed by atoms with Gasteiger partial charge in [0.1, 0.15) is 18.4 Å². The van der Waals surface area contributed by atoms with Gasteiger partial charge in [-0.25, -0.2) is 9.59 Å². The van der Waals surface area contributed by atoms with Gasteiger partial charge in [0.2, 0.25) is 0 Å². The predicted molar refractivity (Wildman–Crippen MR) is 140 cm³/mol. The fourth-order valence-corrected chi connectivity index (χ4v) is 5.39. The number of rotatable bonds is 6. The van der Waals surface area contributed by atoms with E-state index in [-0.39, 0.29) is 30.3 Å². The highest BCUT2D eigenvalue weighted by Crippen LogP contribution is 2.39. The number of methoxy groups -OCH3 is 1. The van der Waals surface area contributed by atoms with Crippen molar-refractivity contribution >= 4 is 32.1 Å². The summed E-state index contributed by atoms with van der Waals surface area (Å²) in [6.45, 7) is 13.4. The average Bonchev–Trinajstić information content (AvgIpc) is 2.84. The molecule has 1 unspecified atom stereocenters. The molecular weight excluding hydrogens is 494 g/mol. The molecule has 0 aliphatic carbocycles. The van der Waals surface area contributed by atoms with Gasteiger partial charge in [-0.05, 0) is 30.1 Å². The van der Waals surface area contributed by atoms with Crippen LogP contribution in [0.15, 0.2) is 30.3 Å². The van der Waals surface area contributed by atoms with E-state index in [1.54, 1.807) is 19.1 Å². The van der Waals surface area contributed by atoms with Gasteiger partial charge in [-0.15, -0.1) is 0 Å². The minimum absolute atomic E-state index is 0.0644. The van der Waals surface area contributed by atoms with Crippen LogP contribution in [0.5, 0.6) is 0 Å². The van der Waals surface area contributed by atoms with Gasteiger partial charge in [0.15, 0.2) is 14.5 Å². The number of nitrogens with zero attached hydrogens (tertiary/aromatic N) is 1. The summed E-state index contributed by atoms with van der Waals surface area (Å²) in [7, 11) is -1.12. The van der Waals surface area contributed by atoms with Crippen LogP contribution in [0.25, 0.3) is 0 Å². The molecule has 0 saturated carbocycles. The van der Waals surface area contributed by atoms with Crippen molar-refractivity contribution in [2.75, 3.05) is 7.11 Å². The maximum absolute atomic E-state index is 13.5. The van der Waals surface area contributed by atoms with E-state index in [4.69, 9.17) is 18.6 Å². The Kier molecular flexibility index (Phi) is 10.5. The molecule has 1 amide bonds. The molecule has 1 aliphatic heterocycles. The molecule has 0 bridgehead atoms. The van der Waals surface area contributed by atoms with Gasteiger partial charge < -0.3 is 18.6 Å². The molecule has 0 radical (unpaired) electrons. The van der Waals surface area contributed by atoms with Crippen LogP contribution < -0.4 is 0 Å². The molecule has 1 fully saturated rings. The number of hydrogen-bond acceptors (Lipinski definition) is 8. The van der Waals surface area contributed by atoms with Crippen molar-refractivity contribution in [3.8, 4) is 0 Å². The third-order valence-electron chi connectivity index (χ3n) is 7.13. The topological polar surface area (TPSA) is 108 Å². The van der Waals surface area contributed by atoms with Gasteiger partial charge in [0, 0.05) is 25.7 Å². The first-order chi connectivity index (χ1) is 17.2. The molecule has 0 aromatic heterocycles. The van der Waals surface area contributed by atoms with Crippen molar-refractivity contribution in [2.45, 2.75) is 97.0 Å². The highest BCUT2D eigenvalue weighted by Gasteiger charge is 2.46. The second-order valence-electron chi connectivity index (χ2n) is 11.1. The van der Waals surface area contributed by atoms with E-state index >= 15 is 0 Å². The molecule has 1 aromatic carbocycles. The molecule has 9 nitrogen and oxygen atoms in total. The summed E-state index contributed by atoms with van der Waals surface area (Å²) in [5.74, 6) is -2.10. The quantitative estimate of drug-likeness (QED) is 0.289. The standard InChI is InChI=1S/C27H41NO8Si/c1-18-14-21(36-37(7,8)27(3,4)5)15-24(35-19(2)29)28(22(16-23(18)30)25(31)33-6)26(32)34-17-20-12-10-9-11-13-20/h9-13,18,21-22,24H,14-17H2,1-8H3/t18-,21+,22+,24?/m1/s1. The summed E-state index contributed by atoms with van der Waals surface area (Å²) in [6.07, 6.45) is -2.43. The normalized spacial score (nSPS) is 23.4. The molecule has 10 heteroatoms. The zero-order valence-corrected chi connectivity index (χ0v) is 24.2. The van der Waals surface area contributed by atoms with Gasteiger partial charge in [0.25, 0.3) is 0 Å². The summed E-state index contributed by atoms with van der Waals surface area (Å²) in [6, 6.07) is 7.73. The molecule has 0 N–H and O–H groups in total. The number of benzene rings is 1. The van der Waals surface area contributed by atoms with Gasteiger partial charge in [-0.2, -0.15) is 0 Å². The van der Waals surface area contributed by atoms with E-state index in [0.29, 0.717) is 6.42 Å². The van der Waals surface area contributed by atoms with Crippen LogP contribution in [-0.2, 0) is 39.6 Å². The second-order valence-corrected chi connectivity index (χ2v) is 15.8.